The molecule has 0 radical (unpaired) electrons. The Kier molecular flexibility index (Phi) is 5.10. The minimum absolute atomic E-state index is 0.550. The summed E-state index contributed by atoms with van der Waals surface area (Å²) in [6.45, 7) is 1.98. The first-order valence-corrected chi connectivity index (χ1v) is 10.2. The molecule has 1 aliphatic rings. The molecule has 0 aliphatic carbocycles. The molecule has 8 heteroatoms. The Bertz CT molecular complexity index is 1210. The molecule has 31 heavy (non-hydrogen) atoms. The van der Waals surface area contributed by atoms with Crippen molar-refractivity contribution in [2.24, 2.45) is 7.05 Å². The normalized spacial score (nSPS) is 13.4. The molecule has 0 amide bonds. The van der Waals surface area contributed by atoms with Gasteiger partial charge in [-0.25, -0.2) is 9.97 Å². The molecule has 3 heterocycles. The zero-order valence-corrected chi connectivity index (χ0v) is 17.2. The summed E-state index contributed by atoms with van der Waals surface area (Å²) in [5.41, 5.74) is 4.95. The summed E-state index contributed by atoms with van der Waals surface area (Å²) in [4.78, 5) is 12.9. The summed E-state index contributed by atoms with van der Waals surface area (Å²) in [5.74, 6) is 1.14. The quantitative estimate of drug-likeness (QED) is 0.500. The van der Waals surface area contributed by atoms with Crippen LogP contribution in [0, 0.1) is 0 Å². The van der Waals surface area contributed by atoms with Crippen LogP contribution in [-0.4, -0.2) is 43.3 Å². The molecule has 5 rings (SSSR count). The Hall–Kier alpha value is -4.07. The first kappa shape index (κ1) is 18.9. The standard InChI is InChI=1S/C23H22N8/c1-30-28-22(27-29-30)17-8-10-19(11-9-17)25-23-24-13-12-21(26-23)18-6-5-7-20(16-18)31-14-3-2-4-15-31/h2-3,5-13,16H,4,14-15H2,1H3,(H,24,25,26). The van der Waals surface area contributed by atoms with E-state index in [0.29, 0.717) is 11.8 Å². The van der Waals surface area contributed by atoms with E-state index in [1.165, 1.54) is 10.5 Å². The lowest BCUT2D eigenvalue weighted by molar-refractivity contribution is 0.630. The number of aryl methyl sites for hydroxylation is 1. The van der Waals surface area contributed by atoms with Gasteiger partial charge >= 0.3 is 0 Å². The zero-order chi connectivity index (χ0) is 21.0. The molecular formula is C23H22N8. The van der Waals surface area contributed by atoms with Gasteiger partial charge in [0.15, 0.2) is 0 Å². The van der Waals surface area contributed by atoms with Gasteiger partial charge in [0.1, 0.15) is 0 Å². The molecule has 2 aromatic carbocycles. The van der Waals surface area contributed by atoms with E-state index in [1.54, 1.807) is 13.2 Å². The van der Waals surface area contributed by atoms with E-state index in [1.807, 2.05) is 30.3 Å². The molecule has 2 aromatic heterocycles. The number of anilines is 3. The molecule has 4 aromatic rings. The van der Waals surface area contributed by atoms with Gasteiger partial charge in [0.05, 0.1) is 12.7 Å². The highest BCUT2D eigenvalue weighted by atomic mass is 15.6. The molecule has 1 N–H and O–H groups in total. The lowest BCUT2D eigenvalue weighted by Crippen LogP contribution is -2.26. The largest absolute Gasteiger partial charge is 0.367 e. The predicted octanol–water partition coefficient (Wildman–Crippen LogP) is 3.84. The molecule has 0 spiro atoms. The second-order valence-corrected chi connectivity index (χ2v) is 7.33. The fourth-order valence-electron chi connectivity index (χ4n) is 3.55. The third-order valence-electron chi connectivity index (χ3n) is 5.13. The number of nitrogens with zero attached hydrogens (tertiary/aromatic N) is 7. The number of aromatic nitrogens is 6. The van der Waals surface area contributed by atoms with Crippen LogP contribution in [0.25, 0.3) is 22.6 Å². The highest BCUT2D eigenvalue weighted by Gasteiger charge is 2.10. The Morgan fingerprint density at radius 2 is 1.87 bits per heavy atom. The van der Waals surface area contributed by atoms with Gasteiger partial charge < -0.3 is 10.2 Å². The van der Waals surface area contributed by atoms with Crippen LogP contribution in [0.15, 0.2) is 72.9 Å². The minimum Gasteiger partial charge on any atom is -0.367 e. The highest BCUT2D eigenvalue weighted by Crippen LogP contribution is 2.26. The van der Waals surface area contributed by atoms with Gasteiger partial charge in [-0.05, 0) is 54.1 Å². The Labute approximate surface area is 180 Å². The van der Waals surface area contributed by atoms with Crippen LogP contribution in [0.3, 0.4) is 0 Å². The smallest absolute Gasteiger partial charge is 0.227 e. The number of hydrogen-bond donors (Lipinski definition) is 1. The van der Waals surface area contributed by atoms with Crippen molar-refractivity contribution in [3.8, 4) is 22.6 Å². The van der Waals surface area contributed by atoms with E-state index in [9.17, 15) is 0 Å². The third kappa shape index (κ3) is 4.28. The maximum absolute atomic E-state index is 4.72. The maximum atomic E-state index is 4.72. The van der Waals surface area contributed by atoms with Crippen molar-refractivity contribution in [1.29, 1.82) is 0 Å². The van der Waals surface area contributed by atoms with E-state index < -0.39 is 0 Å². The number of tetrazole rings is 1. The fourth-order valence-corrected chi connectivity index (χ4v) is 3.55. The molecule has 0 unspecified atom stereocenters. The van der Waals surface area contributed by atoms with Gasteiger partial charge in [-0.15, -0.1) is 10.2 Å². The zero-order valence-electron chi connectivity index (χ0n) is 17.2. The number of benzene rings is 2. The summed E-state index contributed by atoms with van der Waals surface area (Å²) in [6, 6.07) is 18.2. The molecule has 8 nitrogen and oxygen atoms in total. The fraction of sp³-hybridized carbons (Fsp3) is 0.174. The summed E-state index contributed by atoms with van der Waals surface area (Å²) < 4.78 is 0. The highest BCUT2D eigenvalue weighted by molar-refractivity contribution is 5.68. The Balaban J connectivity index is 1.34. The van der Waals surface area contributed by atoms with Gasteiger partial charge in [-0.1, -0.05) is 24.3 Å². The SMILES string of the molecule is Cn1nnc(-c2ccc(Nc3nccc(-c4cccc(N5CC=CCC5)c4)n3)cc2)n1. The van der Waals surface area contributed by atoms with E-state index in [4.69, 9.17) is 4.98 Å². The Morgan fingerprint density at radius 1 is 0.968 bits per heavy atom. The number of hydrogen-bond acceptors (Lipinski definition) is 7. The molecule has 0 saturated carbocycles. The van der Waals surface area contributed by atoms with Gasteiger partial charge in [-0.2, -0.15) is 4.80 Å². The minimum atomic E-state index is 0.550. The van der Waals surface area contributed by atoms with E-state index in [-0.39, 0.29) is 0 Å². The molecular weight excluding hydrogens is 388 g/mol. The van der Waals surface area contributed by atoms with Gasteiger partial charge in [-0.3, -0.25) is 0 Å². The van der Waals surface area contributed by atoms with Gasteiger partial charge in [0.2, 0.25) is 11.8 Å². The van der Waals surface area contributed by atoms with E-state index in [0.717, 1.165) is 42.0 Å². The van der Waals surface area contributed by atoms with Crippen LogP contribution in [0.2, 0.25) is 0 Å². The summed E-state index contributed by atoms with van der Waals surface area (Å²) in [5, 5.41) is 15.4. The predicted molar refractivity (Wildman–Crippen MR) is 121 cm³/mol. The van der Waals surface area contributed by atoms with Crippen LogP contribution < -0.4 is 10.2 Å². The average Bonchev–Trinajstić information content (AvgIpc) is 3.27. The number of nitrogens with one attached hydrogen (secondary N) is 1. The van der Waals surface area contributed by atoms with Crippen molar-refractivity contribution in [1.82, 2.24) is 30.2 Å². The van der Waals surface area contributed by atoms with Crippen molar-refractivity contribution in [3.63, 3.8) is 0 Å². The summed E-state index contributed by atoms with van der Waals surface area (Å²) >= 11 is 0. The second-order valence-electron chi connectivity index (χ2n) is 7.33. The summed E-state index contributed by atoms with van der Waals surface area (Å²) in [7, 11) is 1.75. The molecule has 0 bridgehead atoms. The van der Waals surface area contributed by atoms with Gasteiger partial charge in [0.25, 0.3) is 0 Å². The van der Waals surface area contributed by atoms with Crippen LogP contribution in [0.4, 0.5) is 17.3 Å². The summed E-state index contributed by atoms with van der Waals surface area (Å²) in [6.07, 6.45) is 7.31. The van der Waals surface area contributed by atoms with Crippen LogP contribution in [0.5, 0.6) is 0 Å². The Morgan fingerprint density at radius 3 is 2.65 bits per heavy atom. The topological polar surface area (TPSA) is 84.7 Å². The van der Waals surface area contributed by atoms with Crippen molar-refractivity contribution in [3.05, 3.63) is 72.9 Å². The van der Waals surface area contributed by atoms with E-state index in [2.05, 4.69) is 67.0 Å². The monoisotopic (exact) mass is 410 g/mol. The van der Waals surface area contributed by atoms with E-state index >= 15 is 0 Å². The van der Waals surface area contributed by atoms with Crippen molar-refractivity contribution in [2.45, 2.75) is 6.42 Å². The first-order valence-electron chi connectivity index (χ1n) is 10.2. The van der Waals surface area contributed by atoms with Crippen LogP contribution in [-0.2, 0) is 7.05 Å². The van der Waals surface area contributed by atoms with Crippen LogP contribution in [0.1, 0.15) is 6.42 Å². The average molecular weight is 410 g/mol. The lowest BCUT2D eigenvalue weighted by Gasteiger charge is -2.26. The van der Waals surface area contributed by atoms with Gasteiger partial charge in [0, 0.05) is 41.8 Å². The second kappa shape index (κ2) is 8.35. The third-order valence-corrected chi connectivity index (χ3v) is 5.13. The molecule has 0 fully saturated rings. The van der Waals surface area contributed by atoms with Crippen molar-refractivity contribution >= 4 is 17.3 Å². The van der Waals surface area contributed by atoms with Crippen molar-refractivity contribution < 1.29 is 0 Å². The molecule has 0 saturated heterocycles. The molecule has 0 atom stereocenters. The maximum Gasteiger partial charge on any atom is 0.227 e. The van der Waals surface area contributed by atoms with Crippen LogP contribution >= 0.6 is 0 Å². The number of rotatable bonds is 5. The molecule has 1 aliphatic heterocycles. The lowest BCUT2D eigenvalue weighted by atomic mass is 10.1. The first-order chi connectivity index (χ1) is 15.2. The van der Waals surface area contributed by atoms with Crippen molar-refractivity contribution in [2.75, 3.05) is 23.3 Å². The molecule has 154 valence electrons.